The monoisotopic (exact) mass is 357 g/mol. The zero-order valence-electron chi connectivity index (χ0n) is 15.4. The summed E-state index contributed by atoms with van der Waals surface area (Å²) in [5.41, 5.74) is 6.63. The molecule has 0 bridgehead atoms. The maximum absolute atomic E-state index is 13.5. The molecule has 1 aromatic carbocycles. The summed E-state index contributed by atoms with van der Waals surface area (Å²) < 4.78 is 13.5. The molecular weight excluding hydrogens is 333 g/mol. The molecule has 3 rings (SSSR count). The molecule has 1 aromatic heterocycles. The Morgan fingerprint density at radius 1 is 1.27 bits per heavy atom. The Hall–Kier alpha value is -2.50. The SMILES string of the molecule is CC(C)(C)C(=O)N1CCC[C@@H](c2nc3ccc(F)cc3cc2C(N)=O)C1. The fourth-order valence-corrected chi connectivity index (χ4v) is 3.53. The summed E-state index contributed by atoms with van der Waals surface area (Å²) in [5, 5.41) is 0.543. The number of benzene rings is 1. The van der Waals surface area contributed by atoms with Gasteiger partial charge in [-0.1, -0.05) is 20.8 Å². The molecule has 0 radical (unpaired) electrons. The van der Waals surface area contributed by atoms with Crippen LogP contribution in [-0.2, 0) is 4.79 Å². The fourth-order valence-electron chi connectivity index (χ4n) is 3.53. The zero-order valence-corrected chi connectivity index (χ0v) is 15.4. The average molecular weight is 357 g/mol. The smallest absolute Gasteiger partial charge is 0.250 e. The van der Waals surface area contributed by atoms with E-state index < -0.39 is 11.3 Å². The number of aromatic nitrogens is 1. The van der Waals surface area contributed by atoms with Crippen LogP contribution in [-0.4, -0.2) is 34.8 Å². The molecule has 2 amide bonds. The number of pyridine rings is 1. The van der Waals surface area contributed by atoms with Gasteiger partial charge in [-0.05, 0) is 37.1 Å². The van der Waals surface area contributed by atoms with Crippen LogP contribution >= 0.6 is 0 Å². The molecule has 2 heterocycles. The van der Waals surface area contributed by atoms with E-state index in [1.165, 1.54) is 12.1 Å². The summed E-state index contributed by atoms with van der Waals surface area (Å²) in [6, 6.07) is 5.89. The van der Waals surface area contributed by atoms with Crippen molar-refractivity contribution in [3.63, 3.8) is 0 Å². The lowest BCUT2D eigenvalue weighted by Gasteiger charge is -2.36. The van der Waals surface area contributed by atoms with Crippen molar-refractivity contribution in [2.24, 2.45) is 11.1 Å². The third-order valence-electron chi connectivity index (χ3n) is 4.81. The highest BCUT2D eigenvalue weighted by molar-refractivity contribution is 5.98. The van der Waals surface area contributed by atoms with Crippen molar-refractivity contribution >= 4 is 22.7 Å². The number of likely N-dealkylation sites (tertiary alicyclic amines) is 1. The van der Waals surface area contributed by atoms with E-state index in [0.717, 1.165) is 12.8 Å². The van der Waals surface area contributed by atoms with Gasteiger partial charge in [-0.3, -0.25) is 14.6 Å². The highest BCUT2D eigenvalue weighted by Gasteiger charge is 2.33. The summed E-state index contributed by atoms with van der Waals surface area (Å²) >= 11 is 0. The van der Waals surface area contributed by atoms with Crippen LogP contribution in [0, 0.1) is 11.2 Å². The standard InChI is InChI=1S/C20H24FN3O2/c1-20(2,3)19(26)24-8-4-5-12(11-24)17-15(18(22)25)10-13-9-14(21)6-7-16(13)23-17/h6-7,9-10,12H,4-5,8,11H2,1-3H3,(H2,22,25)/t12-/m1/s1. The largest absolute Gasteiger partial charge is 0.366 e. The van der Waals surface area contributed by atoms with Gasteiger partial charge in [0.25, 0.3) is 5.91 Å². The van der Waals surface area contributed by atoms with E-state index in [-0.39, 0.29) is 17.6 Å². The van der Waals surface area contributed by atoms with Gasteiger partial charge in [-0.15, -0.1) is 0 Å². The van der Waals surface area contributed by atoms with Crippen LogP contribution in [0.3, 0.4) is 0 Å². The number of fused-ring (bicyclic) bond motifs is 1. The van der Waals surface area contributed by atoms with Crippen molar-refractivity contribution < 1.29 is 14.0 Å². The van der Waals surface area contributed by atoms with Crippen molar-refractivity contribution in [2.45, 2.75) is 39.5 Å². The Kier molecular flexibility index (Phi) is 4.69. The van der Waals surface area contributed by atoms with Crippen molar-refractivity contribution in [1.29, 1.82) is 0 Å². The average Bonchev–Trinajstić information content (AvgIpc) is 2.59. The van der Waals surface area contributed by atoms with Gasteiger partial charge in [-0.2, -0.15) is 0 Å². The van der Waals surface area contributed by atoms with Gasteiger partial charge in [0.05, 0.1) is 16.8 Å². The lowest BCUT2D eigenvalue weighted by Crippen LogP contribution is -2.45. The molecule has 0 spiro atoms. The van der Waals surface area contributed by atoms with E-state index in [1.807, 2.05) is 25.7 Å². The molecule has 5 nitrogen and oxygen atoms in total. The zero-order chi connectivity index (χ0) is 19.1. The second-order valence-corrected chi connectivity index (χ2v) is 7.96. The summed E-state index contributed by atoms with van der Waals surface area (Å²) in [4.78, 5) is 31.1. The van der Waals surface area contributed by atoms with E-state index in [4.69, 9.17) is 5.73 Å². The molecule has 0 aliphatic carbocycles. The maximum atomic E-state index is 13.5. The van der Waals surface area contributed by atoms with E-state index in [2.05, 4.69) is 4.98 Å². The van der Waals surface area contributed by atoms with Gasteiger partial charge in [0.15, 0.2) is 0 Å². The Labute approximate surface area is 152 Å². The summed E-state index contributed by atoms with van der Waals surface area (Å²) in [6.07, 6.45) is 1.67. The highest BCUT2D eigenvalue weighted by Crippen LogP contribution is 2.32. The second kappa shape index (κ2) is 6.67. The van der Waals surface area contributed by atoms with E-state index >= 15 is 0 Å². The van der Waals surface area contributed by atoms with Gasteiger partial charge in [0.2, 0.25) is 5.91 Å². The minimum atomic E-state index is -0.585. The van der Waals surface area contributed by atoms with Crippen molar-refractivity contribution in [2.75, 3.05) is 13.1 Å². The molecule has 1 saturated heterocycles. The number of nitrogens with two attached hydrogens (primary N) is 1. The molecule has 138 valence electrons. The topological polar surface area (TPSA) is 76.3 Å². The molecule has 0 saturated carbocycles. The molecule has 1 aliphatic rings. The van der Waals surface area contributed by atoms with Gasteiger partial charge in [0.1, 0.15) is 5.82 Å². The van der Waals surface area contributed by atoms with Crippen molar-refractivity contribution in [1.82, 2.24) is 9.88 Å². The lowest BCUT2D eigenvalue weighted by molar-refractivity contribution is -0.140. The minimum absolute atomic E-state index is 0.0630. The molecule has 0 unspecified atom stereocenters. The Bertz CT molecular complexity index is 873. The number of piperidine rings is 1. The van der Waals surface area contributed by atoms with Crippen LogP contribution in [0.15, 0.2) is 24.3 Å². The predicted octanol–water partition coefficient (Wildman–Crippen LogP) is 3.22. The number of hydrogen-bond donors (Lipinski definition) is 1. The number of rotatable bonds is 2. The van der Waals surface area contributed by atoms with Gasteiger partial charge in [0, 0.05) is 29.8 Å². The number of amides is 2. The Balaban J connectivity index is 2.00. The first kappa shape index (κ1) is 18.3. The van der Waals surface area contributed by atoms with Crippen molar-refractivity contribution in [3.05, 3.63) is 41.3 Å². The highest BCUT2D eigenvalue weighted by atomic mass is 19.1. The van der Waals surface area contributed by atoms with Crippen LogP contribution < -0.4 is 5.73 Å². The molecule has 26 heavy (non-hydrogen) atoms. The molecule has 1 fully saturated rings. The van der Waals surface area contributed by atoms with E-state index in [1.54, 1.807) is 12.1 Å². The maximum Gasteiger partial charge on any atom is 0.250 e. The van der Waals surface area contributed by atoms with E-state index in [0.29, 0.717) is 35.2 Å². The number of halogens is 1. The number of carbonyl (C=O) groups excluding carboxylic acids is 2. The Morgan fingerprint density at radius 3 is 2.65 bits per heavy atom. The van der Waals surface area contributed by atoms with Crippen LogP contribution in [0.4, 0.5) is 4.39 Å². The van der Waals surface area contributed by atoms with Gasteiger partial charge >= 0.3 is 0 Å². The van der Waals surface area contributed by atoms with Crippen LogP contribution in [0.2, 0.25) is 0 Å². The van der Waals surface area contributed by atoms with E-state index in [9.17, 15) is 14.0 Å². The third kappa shape index (κ3) is 3.54. The first-order valence-corrected chi connectivity index (χ1v) is 8.86. The fraction of sp³-hybridized carbons (Fsp3) is 0.450. The summed E-state index contributed by atoms with van der Waals surface area (Å²) in [5.74, 6) is -0.947. The van der Waals surface area contributed by atoms with Crippen molar-refractivity contribution in [3.8, 4) is 0 Å². The lowest BCUT2D eigenvalue weighted by atomic mass is 9.88. The second-order valence-electron chi connectivity index (χ2n) is 7.96. The molecule has 2 N–H and O–H groups in total. The number of hydrogen-bond acceptors (Lipinski definition) is 3. The molecule has 2 aromatic rings. The summed E-state index contributed by atoms with van der Waals surface area (Å²) in [7, 11) is 0. The van der Waals surface area contributed by atoms with Crippen LogP contribution in [0.5, 0.6) is 0 Å². The van der Waals surface area contributed by atoms with Gasteiger partial charge < -0.3 is 10.6 Å². The molecular formula is C20H24FN3O2. The predicted molar refractivity (Wildman–Crippen MR) is 98.2 cm³/mol. The molecule has 1 aliphatic heterocycles. The normalized spacial score (nSPS) is 18.2. The van der Waals surface area contributed by atoms with Crippen LogP contribution in [0.25, 0.3) is 10.9 Å². The number of carbonyl (C=O) groups is 2. The third-order valence-corrected chi connectivity index (χ3v) is 4.81. The Morgan fingerprint density at radius 2 is 2.00 bits per heavy atom. The number of primary amides is 1. The summed E-state index contributed by atoms with van der Waals surface area (Å²) in [6.45, 7) is 6.91. The first-order chi connectivity index (χ1) is 12.2. The number of nitrogens with zero attached hydrogens (tertiary/aromatic N) is 2. The quantitative estimate of drug-likeness (QED) is 0.896. The van der Waals surface area contributed by atoms with Crippen LogP contribution in [0.1, 0.15) is 55.6 Å². The first-order valence-electron chi connectivity index (χ1n) is 8.86. The molecule has 6 heteroatoms. The minimum Gasteiger partial charge on any atom is -0.366 e. The molecule has 1 atom stereocenters. The van der Waals surface area contributed by atoms with Gasteiger partial charge in [-0.25, -0.2) is 4.39 Å².